The normalized spacial score (nSPS) is 19.9. The summed E-state index contributed by atoms with van der Waals surface area (Å²) < 4.78 is 7.26. The molecule has 2 aromatic heterocycles. The highest BCUT2D eigenvalue weighted by Crippen LogP contribution is 2.25. The monoisotopic (exact) mass is 381 g/mol. The van der Waals surface area contributed by atoms with E-state index in [-0.39, 0.29) is 5.56 Å². The molecule has 0 N–H and O–H groups in total. The van der Waals surface area contributed by atoms with Crippen LogP contribution >= 0.6 is 0 Å². The number of piperidine rings is 1. The number of aromatic nitrogens is 4. The zero-order valence-electron chi connectivity index (χ0n) is 16.3. The number of nitrogens with zero attached hydrogens (tertiary/aromatic N) is 5. The molecule has 1 saturated heterocycles. The lowest BCUT2D eigenvalue weighted by Crippen LogP contribution is -2.38. The van der Waals surface area contributed by atoms with Crippen molar-refractivity contribution >= 4 is 5.82 Å². The van der Waals surface area contributed by atoms with Gasteiger partial charge in [0.25, 0.3) is 5.56 Å². The van der Waals surface area contributed by atoms with Crippen LogP contribution in [0.4, 0.5) is 5.82 Å². The molecule has 2 aliphatic heterocycles. The number of aryl methyl sites for hydroxylation is 2. The van der Waals surface area contributed by atoms with Gasteiger partial charge in [0.1, 0.15) is 0 Å². The fourth-order valence-corrected chi connectivity index (χ4v) is 4.61. The number of anilines is 1. The van der Waals surface area contributed by atoms with Crippen LogP contribution in [0.2, 0.25) is 0 Å². The van der Waals surface area contributed by atoms with Gasteiger partial charge in [-0.05, 0) is 56.1 Å². The van der Waals surface area contributed by atoms with Crippen LogP contribution in [-0.2, 0) is 37.2 Å². The van der Waals surface area contributed by atoms with Gasteiger partial charge in [0.05, 0.1) is 24.6 Å². The summed E-state index contributed by atoms with van der Waals surface area (Å²) in [7, 11) is 0. The highest BCUT2D eigenvalue weighted by Gasteiger charge is 2.23. The van der Waals surface area contributed by atoms with Crippen LogP contribution in [0.3, 0.4) is 0 Å². The second-order valence-corrected chi connectivity index (χ2v) is 8.25. The number of hydrogen-bond donors (Lipinski definition) is 0. The molecular formula is C21H27N5O2. The van der Waals surface area contributed by atoms with Gasteiger partial charge in [-0.25, -0.2) is 4.68 Å². The van der Waals surface area contributed by atoms with E-state index in [9.17, 15) is 4.79 Å². The molecular weight excluding hydrogens is 354 g/mol. The quantitative estimate of drug-likeness (QED) is 0.809. The molecule has 7 nitrogen and oxygen atoms in total. The molecule has 7 heteroatoms. The van der Waals surface area contributed by atoms with Crippen LogP contribution in [0.25, 0.3) is 0 Å². The summed E-state index contributed by atoms with van der Waals surface area (Å²) >= 11 is 0. The van der Waals surface area contributed by atoms with Crippen molar-refractivity contribution in [3.05, 3.63) is 45.0 Å². The molecule has 0 aromatic carbocycles. The lowest BCUT2D eigenvalue weighted by atomic mass is 9.95. The Morgan fingerprint density at radius 2 is 1.86 bits per heavy atom. The highest BCUT2D eigenvalue weighted by atomic mass is 16.5. The summed E-state index contributed by atoms with van der Waals surface area (Å²) in [5.74, 6) is 1.43. The molecule has 0 bridgehead atoms. The molecule has 148 valence electrons. The van der Waals surface area contributed by atoms with E-state index in [4.69, 9.17) is 4.74 Å². The number of fused-ring (bicyclic) bond motifs is 2. The number of ether oxygens (including phenoxy) is 1. The van der Waals surface area contributed by atoms with Crippen LogP contribution in [0.15, 0.2) is 16.9 Å². The molecule has 0 amide bonds. The molecule has 28 heavy (non-hydrogen) atoms. The Balaban J connectivity index is 1.24. The van der Waals surface area contributed by atoms with Crippen molar-refractivity contribution < 1.29 is 4.74 Å². The zero-order valence-corrected chi connectivity index (χ0v) is 16.3. The van der Waals surface area contributed by atoms with Gasteiger partial charge in [-0.15, -0.1) is 5.10 Å². The summed E-state index contributed by atoms with van der Waals surface area (Å²) in [6.45, 7) is 3.99. The molecule has 0 saturated carbocycles. The first-order chi connectivity index (χ1) is 13.8. The molecule has 0 spiro atoms. The van der Waals surface area contributed by atoms with Gasteiger partial charge in [0.15, 0.2) is 5.82 Å². The van der Waals surface area contributed by atoms with E-state index in [1.165, 1.54) is 18.4 Å². The van der Waals surface area contributed by atoms with E-state index in [0.717, 1.165) is 81.1 Å². The summed E-state index contributed by atoms with van der Waals surface area (Å²) in [5, 5.41) is 13.5. The van der Waals surface area contributed by atoms with Crippen molar-refractivity contribution in [2.24, 2.45) is 5.92 Å². The predicted octanol–water partition coefficient (Wildman–Crippen LogP) is 1.90. The first-order valence-corrected chi connectivity index (χ1v) is 10.5. The van der Waals surface area contributed by atoms with Crippen molar-refractivity contribution in [3.8, 4) is 0 Å². The molecule has 5 rings (SSSR count). The van der Waals surface area contributed by atoms with Crippen LogP contribution in [0.5, 0.6) is 0 Å². The minimum Gasteiger partial charge on any atom is -0.376 e. The maximum atomic E-state index is 12.4. The standard InChI is InChI=1S/C21H27N5O2/c27-21-12-16-3-1-2-4-19(16)24-26(21)13-15-5-8-25(9-6-15)20-11-17-14-28-10-7-18(17)22-23-20/h11-12,15H,1-10,13-14H2. The SMILES string of the molecule is O=c1cc2c(nn1CC1CCN(c3cc4c(nn3)CCOC4)CC1)CCCC2. The van der Waals surface area contributed by atoms with E-state index in [1.807, 2.05) is 6.07 Å². The van der Waals surface area contributed by atoms with Crippen molar-refractivity contribution in [1.29, 1.82) is 0 Å². The molecule has 1 aliphatic carbocycles. The molecule has 4 heterocycles. The fraction of sp³-hybridized carbons (Fsp3) is 0.619. The first kappa shape index (κ1) is 17.8. The Kier molecular flexibility index (Phi) is 4.84. The summed E-state index contributed by atoms with van der Waals surface area (Å²) in [6.07, 6.45) is 7.31. The third-order valence-electron chi connectivity index (χ3n) is 6.33. The summed E-state index contributed by atoms with van der Waals surface area (Å²) in [5.41, 5.74) is 4.60. The zero-order chi connectivity index (χ0) is 18.9. The van der Waals surface area contributed by atoms with Crippen molar-refractivity contribution in [2.45, 2.75) is 58.1 Å². The maximum Gasteiger partial charge on any atom is 0.267 e. The van der Waals surface area contributed by atoms with Gasteiger partial charge in [0, 0.05) is 37.7 Å². The average Bonchev–Trinajstić information content (AvgIpc) is 2.74. The Hall–Kier alpha value is -2.28. The fourth-order valence-electron chi connectivity index (χ4n) is 4.61. The van der Waals surface area contributed by atoms with Crippen LogP contribution in [0.1, 0.15) is 48.2 Å². The molecule has 0 radical (unpaired) electrons. The van der Waals surface area contributed by atoms with Crippen LogP contribution < -0.4 is 10.5 Å². The second kappa shape index (κ2) is 7.62. The molecule has 0 atom stereocenters. The first-order valence-electron chi connectivity index (χ1n) is 10.5. The van der Waals surface area contributed by atoms with E-state index in [1.54, 1.807) is 4.68 Å². The summed E-state index contributed by atoms with van der Waals surface area (Å²) in [6, 6.07) is 3.96. The predicted molar refractivity (Wildman–Crippen MR) is 105 cm³/mol. The van der Waals surface area contributed by atoms with Crippen LogP contribution in [-0.4, -0.2) is 39.7 Å². The van der Waals surface area contributed by atoms with Gasteiger partial charge in [-0.1, -0.05) is 0 Å². The van der Waals surface area contributed by atoms with Crippen molar-refractivity contribution in [3.63, 3.8) is 0 Å². The maximum absolute atomic E-state index is 12.4. The number of rotatable bonds is 3. The molecule has 2 aromatic rings. The van der Waals surface area contributed by atoms with Crippen molar-refractivity contribution in [2.75, 3.05) is 24.6 Å². The Bertz CT molecular complexity index is 917. The Morgan fingerprint density at radius 3 is 2.75 bits per heavy atom. The van der Waals surface area contributed by atoms with E-state index >= 15 is 0 Å². The molecule has 1 fully saturated rings. The lowest BCUT2D eigenvalue weighted by molar-refractivity contribution is 0.108. The Morgan fingerprint density at radius 1 is 1.00 bits per heavy atom. The second-order valence-electron chi connectivity index (χ2n) is 8.25. The molecule has 3 aliphatic rings. The van der Waals surface area contributed by atoms with E-state index < -0.39 is 0 Å². The van der Waals surface area contributed by atoms with Crippen molar-refractivity contribution in [1.82, 2.24) is 20.0 Å². The summed E-state index contributed by atoms with van der Waals surface area (Å²) in [4.78, 5) is 14.8. The van der Waals surface area contributed by atoms with Crippen LogP contribution in [0, 0.1) is 5.92 Å². The largest absolute Gasteiger partial charge is 0.376 e. The smallest absolute Gasteiger partial charge is 0.267 e. The Labute approximate surface area is 164 Å². The highest BCUT2D eigenvalue weighted by molar-refractivity contribution is 5.42. The molecule has 0 unspecified atom stereocenters. The third-order valence-corrected chi connectivity index (χ3v) is 6.33. The minimum absolute atomic E-state index is 0.0589. The third kappa shape index (κ3) is 3.55. The average molecular weight is 381 g/mol. The van der Waals surface area contributed by atoms with Gasteiger partial charge in [-0.3, -0.25) is 4.79 Å². The van der Waals surface area contributed by atoms with Gasteiger partial charge in [0.2, 0.25) is 0 Å². The van der Waals surface area contributed by atoms with Gasteiger partial charge >= 0.3 is 0 Å². The van der Waals surface area contributed by atoms with E-state index in [2.05, 4.69) is 26.3 Å². The topological polar surface area (TPSA) is 73.1 Å². The number of hydrogen-bond acceptors (Lipinski definition) is 6. The van der Waals surface area contributed by atoms with E-state index in [0.29, 0.717) is 12.5 Å². The van der Waals surface area contributed by atoms with Gasteiger partial charge < -0.3 is 9.64 Å². The lowest BCUT2D eigenvalue weighted by Gasteiger charge is -2.33. The van der Waals surface area contributed by atoms with Gasteiger partial charge in [-0.2, -0.15) is 10.2 Å². The minimum atomic E-state index is 0.0589.